The second kappa shape index (κ2) is 5.54. The van der Waals surface area contributed by atoms with Gasteiger partial charge in [0.15, 0.2) is 0 Å². The molecule has 20 heavy (non-hydrogen) atoms. The number of nitrogens with one attached hydrogen (secondary N) is 1. The minimum absolute atomic E-state index is 0.129. The Morgan fingerprint density at radius 1 is 1.30 bits per heavy atom. The average molecular weight is 265 g/mol. The standard InChI is InChI=1S/C16H15N3O/c1-10-7-11(2)18-16(15(10)9-17)13-5-4-6-14(8-13)19-12(3)20/h4-8H,1-3H3,(H,19,20). The summed E-state index contributed by atoms with van der Waals surface area (Å²) in [5.41, 5.74) is 4.49. The molecular formula is C16H15N3O. The normalized spacial score (nSPS) is 9.90. The molecule has 0 atom stereocenters. The first-order valence-electron chi connectivity index (χ1n) is 6.27. The largest absolute Gasteiger partial charge is 0.326 e. The highest BCUT2D eigenvalue weighted by Gasteiger charge is 2.11. The smallest absolute Gasteiger partial charge is 0.221 e. The summed E-state index contributed by atoms with van der Waals surface area (Å²) in [6.45, 7) is 5.26. The number of benzene rings is 1. The van der Waals surface area contributed by atoms with Gasteiger partial charge in [0.1, 0.15) is 6.07 Å². The van der Waals surface area contributed by atoms with Crippen LogP contribution >= 0.6 is 0 Å². The number of hydrogen-bond acceptors (Lipinski definition) is 3. The molecule has 0 radical (unpaired) electrons. The number of nitriles is 1. The fraction of sp³-hybridized carbons (Fsp3) is 0.188. The van der Waals surface area contributed by atoms with Crippen LogP contribution in [0.25, 0.3) is 11.3 Å². The number of aryl methyl sites for hydroxylation is 2. The minimum atomic E-state index is -0.129. The van der Waals surface area contributed by atoms with Gasteiger partial charge in [-0.2, -0.15) is 5.26 Å². The minimum Gasteiger partial charge on any atom is -0.326 e. The molecule has 0 spiro atoms. The number of carbonyl (C=O) groups excluding carboxylic acids is 1. The van der Waals surface area contributed by atoms with E-state index in [-0.39, 0.29) is 5.91 Å². The molecule has 0 saturated carbocycles. The summed E-state index contributed by atoms with van der Waals surface area (Å²) in [5, 5.41) is 12.0. The lowest BCUT2D eigenvalue weighted by Crippen LogP contribution is -2.05. The van der Waals surface area contributed by atoms with Crippen molar-refractivity contribution in [2.45, 2.75) is 20.8 Å². The quantitative estimate of drug-likeness (QED) is 0.906. The lowest BCUT2D eigenvalue weighted by molar-refractivity contribution is -0.114. The van der Waals surface area contributed by atoms with Crippen molar-refractivity contribution in [3.8, 4) is 17.3 Å². The molecule has 1 aromatic carbocycles. The Bertz CT molecular complexity index is 714. The number of nitrogens with zero attached hydrogens (tertiary/aromatic N) is 2. The van der Waals surface area contributed by atoms with Crippen LogP contribution in [0.2, 0.25) is 0 Å². The van der Waals surface area contributed by atoms with Gasteiger partial charge in [-0.15, -0.1) is 0 Å². The summed E-state index contributed by atoms with van der Waals surface area (Å²) in [6, 6.07) is 11.4. The fourth-order valence-corrected chi connectivity index (χ4v) is 2.13. The van der Waals surface area contributed by atoms with Crippen LogP contribution in [0.15, 0.2) is 30.3 Å². The molecule has 0 fully saturated rings. The predicted molar refractivity (Wildman–Crippen MR) is 78.2 cm³/mol. The SMILES string of the molecule is CC(=O)Nc1cccc(-c2nc(C)cc(C)c2C#N)c1. The Hall–Kier alpha value is -2.67. The van der Waals surface area contributed by atoms with Crippen LogP contribution in [0, 0.1) is 25.2 Å². The molecule has 0 saturated heterocycles. The highest BCUT2D eigenvalue weighted by Crippen LogP contribution is 2.26. The van der Waals surface area contributed by atoms with Crippen LogP contribution in [0.1, 0.15) is 23.7 Å². The molecule has 2 rings (SSSR count). The van der Waals surface area contributed by atoms with E-state index in [0.717, 1.165) is 16.8 Å². The van der Waals surface area contributed by atoms with Crippen molar-refractivity contribution in [3.05, 3.63) is 47.2 Å². The molecule has 0 aliphatic heterocycles. The second-order valence-electron chi connectivity index (χ2n) is 4.68. The van der Waals surface area contributed by atoms with Crippen molar-refractivity contribution < 1.29 is 4.79 Å². The maximum Gasteiger partial charge on any atom is 0.221 e. The van der Waals surface area contributed by atoms with Gasteiger partial charge in [0, 0.05) is 23.9 Å². The number of hydrogen-bond donors (Lipinski definition) is 1. The average Bonchev–Trinajstić information content (AvgIpc) is 2.37. The molecule has 0 unspecified atom stereocenters. The highest BCUT2D eigenvalue weighted by atomic mass is 16.1. The van der Waals surface area contributed by atoms with Crippen LogP contribution in [0.3, 0.4) is 0 Å². The number of carbonyl (C=O) groups is 1. The maximum absolute atomic E-state index is 11.1. The Balaban J connectivity index is 2.57. The summed E-state index contributed by atoms with van der Waals surface area (Å²) >= 11 is 0. The van der Waals surface area contributed by atoms with Gasteiger partial charge in [0.25, 0.3) is 0 Å². The van der Waals surface area contributed by atoms with Crippen molar-refractivity contribution in [1.29, 1.82) is 5.26 Å². The van der Waals surface area contributed by atoms with E-state index in [1.165, 1.54) is 6.92 Å². The third-order valence-corrected chi connectivity index (χ3v) is 2.91. The van der Waals surface area contributed by atoms with E-state index < -0.39 is 0 Å². The molecule has 1 N–H and O–H groups in total. The number of amides is 1. The summed E-state index contributed by atoms with van der Waals surface area (Å²) in [5.74, 6) is -0.129. The van der Waals surface area contributed by atoms with Gasteiger partial charge in [-0.25, -0.2) is 0 Å². The van der Waals surface area contributed by atoms with Crippen molar-refractivity contribution >= 4 is 11.6 Å². The van der Waals surface area contributed by atoms with E-state index in [2.05, 4.69) is 16.4 Å². The van der Waals surface area contributed by atoms with Gasteiger partial charge >= 0.3 is 0 Å². The number of anilines is 1. The van der Waals surface area contributed by atoms with Gasteiger partial charge in [-0.1, -0.05) is 12.1 Å². The zero-order chi connectivity index (χ0) is 14.7. The molecule has 100 valence electrons. The second-order valence-corrected chi connectivity index (χ2v) is 4.68. The molecule has 1 heterocycles. The lowest BCUT2D eigenvalue weighted by atomic mass is 10.0. The summed E-state index contributed by atoms with van der Waals surface area (Å²) in [6.07, 6.45) is 0. The topological polar surface area (TPSA) is 65.8 Å². The van der Waals surface area contributed by atoms with Crippen molar-refractivity contribution in [2.75, 3.05) is 5.32 Å². The Morgan fingerprint density at radius 3 is 2.70 bits per heavy atom. The number of aromatic nitrogens is 1. The summed E-state index contributed by atoms with van der Waals surface area (Å²) < 4.78 is 0. The van der Waals surface area contributed by atoms with E-state index in [4.69, 9.17) is 0 Å². The molecule has 2 aromatic rings. The Kier molecular flexibility index (Phi) is 3.81. The van der Waals surface area contributed by atoms with Crippen molar-refractivity contribution in [2.24, 2.45) is 0 Å². The van der Waals surface area contributed by atoms with Crippen LogP contribution in [0.4, 0.5) is 5.69 Å². The zero-order valence-electron chi connectivity index (χ0n) is 11.7. The maximum atomic E-state index is 11.1. The molecule has 4 nitrogen and oxygen atoms in total. The third-order valence-electron chi connectivity index (χ3n) is 2.91. The summed E-state index contributed by atoms with van der Waals surface area (Å²) in [7, 11) is 0. The highest BCUT2D eigenvalue weighted by molar-refractivity contribution is 5.89. The zero-order valence-corrected chi connectivity index (χ0v) is 11.7. The first kappa shape index (κ1) is 13.8. The molecule has 0 aliphatic rings. The van der Waals surface area contributed by atoms with Gasteiger partial charge in [-0.05, 0) is 37.6 Å². The van der Waals surface area contributed by atoms with Crippen LogP contribution in [0.5, 0.6) is 0 Å². The van der Waals surface area contributed by atoms with Crippen LogP contribution in [-0.2, 0) is 4.79 Å². The fourth-order valence-electron chi connectivity index (χ4n) is 2.13. The molecule has 0 bridgehead atoms. The van der Waals surface area contributed by atoms with Crippen molar-refractivity contribution in [3.63, 3.8) is 0 Å². The van der Waals surface area contributed by atoms with E-state index in [1.54, 1.807) is 6.07 Å². The van der Waals surface area contributed by atoms with Crippen molar-refractivity contribution in [1.82, 2.24) is 4.98 Å². The summed E-state index contributed by atoms with van der Waals surface area (Å²) in [4.78, 5) is 15.6. The molecule has 1 aromatic heterocycles. The molecule has 0 aliphatic carbocycles. The monoisotopic (exact) mass is 265 g/mol. The van der Waals surface area contributed by atoms with E-state index in [1.807, 2.05) is 38.1 Å². The first-order valence-corrected chi connectivity index (χ1v) is 6.27. The lowest BCUT2D eigenvalue weighted by Gasteiger charge is -2.09. The van der Waals surface area contributed by atoms with Gasteiger partial charge in [0.2, 0.25) is 5.91 Å². The van der Waals surface area contributed by atoms with Gasteiger partial charge in [0.05, 0.1) is 11.3 Å². The Morgan fingerprint density at radius 2 is 2.05 bits per heavy atom. The van der Waals surface area contributed by atoms with Gasteiger partial charge in [-0.3, -0.25) is 9.78 Å². The number of rotatable bonds is 2. The first-order chi connectivity index (χ1) is 9.51. The van der Waals surface area contributed by atoms with Gasteiger partial charge < -0.3 is 5.32 Å². The number of pyridine rings is 1. The van der Waals surface area contributed by atoms with E-state index in [0.29, 0.717) is 16.9 Å². The van der Waals surface area contributed by atoms with E-state index in [9.17, 15) is 10.1 Å². The third kappa shape index (κ3) is 2.83. The Labute approximate surface area is 118 Å². The molecule has 1 amide bonds. The van der Waals surface area contributed by atoms with Crippen LogP contribution < -0.4 is 5.32 Å². The van der Waals surface area contributed by atoms with Crippen LogP contribution in [-0.4, -0.2) is 10.9 Å². The predicted octanol–water partition coefficient (Wildman–Crippen LogP) is 3.20. The molecule has 4 heteroatoms. The molecular weight excluding hydrogens is 250 g/mol. The van der Waals surface area contributed by atoms with E-state index >= 15 is 0 Å².